The zero-order chi connectivity index (χ0) is 15.5. The number of ether oxygens (including phenoxy) is 1. The second-order valence-corrected chi connectivity index (χ2v) is 5.76. The van der Waals surface area contributed by atoms with Crippen molar-refractivity contribution in [2.24, 2.45) is 0 Å². The number of anilines is 1. The van der Waals surface area contributed by atoms with E-state index in [1.165, 1.54) is 7.11 Å². The van der Waals surface area contributed by atoms with Gasteiger partial charge in [0, 0.05) is 6.20 Å². The molecule has 1 aromatic carbocycles. The molecule has 0 aliphatic rings. The van der Waals surface area contributed by atoms with Gasteiger partial charge in [-0.05, 0) is 12.1 Å². The van der Waals surface area contributed by atoms with E-state index in [4.69, 9.17) is 9.84 Å². The fourth-order valence-electron chi connectivity index (χ4n) is 1.64. The number of nitrogens with zero attached hydrogens (tertiary/aromatic N) is 2. The lowest BCUT2D eigenvalue weighted by molar-refractivity contribution is -0.137. The van der Waals surface area contributed by atoms with E-state index in [-0.39, 0.29) is 10.6 Å². The molecule has 0 radical (unpaired) electrons. The average Bonchev–Trinajstić information content (AvgIpc) is 2.87. The Morgan fingerprint density at radius 3 is 2.81 bits per heavy atom. The molecule has 0 saturated carbocycles. The van der Waals surface area contributed by atoms with E-state index in [1.54, 1.807) is 24.3 Å². The summed E-state index contributed by atoms with van der Waals surface area (Å²) >= 11 is 0. The molecule has 0 saturated heterocycles. The van der Waals surface area contributed by atoms with Crippen LogP contribution >= 0.6 is 0 Å². The summed E-state index contributed by atoms with van der Waals surface area (Å²) in [7, 11) is -2.44. The minimum Gasteiger partial charge on any atom is -0.495 e. The van der Waals surface area contributed by atoms with Gasteiger partial charge in [0.05, 0.1) is 19.0 Å². The molecular formula is C12H13N3O5S. The number of hydrogen-bond acceptors (Lipinski definition) is 5. The Hall–Kier alpha value is -2.55. The number of aliphatic carboxylic acids is 1. The maximum Gasteiger partial charge on any atom is 0.325 e. The Morgan fingerprint density at radius 1 is 1.43 bits per heavy atom. The monoisotopic (exact) mass is 311 g/mol. The van der Waals surface area contributed by atoms with Crippen molar-refractivity contribution in [1.82, 2.24) is 9.78 Å². The molecule has 0 fully saturated rings. The number of para-hydroxylation sites is 2. The molecule has 0 aliphatic heterocycles. The van der Waals surface area contributed by atoms with Crippen LogP contribution in [0.25, 0.3) is 0 Å². The van der Waals surface area contributed by atoms with Crippen molar-refractivity contribution in [3.05, 3.63) is 36.7 Å². The molecule has 9 heteroatoms. The zero-order valence-corrected chi connectivity index (χ0v) is 11.9. The molecule has 2 rings (SSSR count). The van der Waals surface area contributed by atoms with Crippen molar-refractivity contribution in [3.8, 4) is 5.75 Å². The standard InChI is InChI=1S/C12H13N3O5S/c1-20-11-5-3-2-4-10(11)14-21(18,19)9-6-13-15(7-9)8-12(16)17/h2-7,14H,8H2,1H3,(H,16,17). The van der Waals surface area contributed by atoms with Gasteiger partial charge in [-0.2, -0.15) is 5.10 Å². The predicted octanol–water partition coefficient (Wildman–Crippen LogP) is 0.777. The first-order valence-corrected chi connectivity index (χ1v) is 7.31. The lowest BCUT2D eigenvalue weighted by Gasteiger charge is -2.10. The molecule has 112 valence electrons. The number of methoxy groups -OCH3 is 1. The second-order valence-electron chi connectivity index (χ2n) is 4.07. The number of benzene rings is 1. The maximum absolute atomic E-state index is 12.2. The molecule has 0 aliphatic carbocycles. The van der Waals surface area contributed by atoms with Crippen molar-refractivity contribution in [1.29, 1.82) is 0 Å². The van der Waals surface area contributed by atoms with Crippen molar-refractivity contribution >= 4 is 21.7 Å². The Balaban J connectivity index is 2.26. The van der Waals surface area contributed by atoms with Gasteiger partial charge in [0.2, 0.25) is 0 Å². The van der Waals surface area contributed by atoms with Gasteiger partial charge >= 0.3 is 5.97 Å². The molecule has 0 bridgehead atoms. The number of carboxylic acids is 1. The van der Waals surface area contributed by atoms with E-state index >= 15 is 0 Å². The van der Waals surface area contributed by atoms with E-state index in [0.717, 1.165) is 17.1 Å². The Bertz CT molecular complexity index is 754. The molecule has 0 atom stereocenters. The van der Waals surface area contributed by atoms with Crippen LogP contribution in [0.2, 0.25) is 0 Å². The highest BCUT2D eigenvalue weighted by atomic mass is 32.2. The summed E-state index contributed by atoms with van der Waals surface area (Å²) in [5, 5.41) is 12.3. The van der Waals surface area contributed by atoms with Crippen LogP contribution in [0.15, 0.2) is 41.6 Å². The van der Waals surface area contributed by atoms with E-state index in [9.17, 15) is 13.2 Å². The van der Waals surface area contributed by atoms with Gasteiger partial charge in [-0.15, -0.1) is 0 Å². The SMILES string of the molecule is COc1ccccc1NS(=O)(=O)c1cnn(CC(=O)O)c1. The third kappa shape index (κ3) is 3.51. The van der Waals surface area contributed by atoms with Crippen molar-refractivity contribution in [3.63, 3.8) is 0 Å². The average molecular weight is 311 g/mol. The second kappa shape index (κ2) is 5.83. The van der Waals surface area contributed by atoms with Gasteiger partial charge in [-0.25, -0.2) is 8.42 Å². The van der Waals surface area contributed by atoms with E-state index in [2.05, 4.69) is 9.82 Å². The largest absolute Gasteiger partial charge is 0.495 e. The lowest BCUT2D eigenvalue weighted by atomic mass is 10.3. The predicted molar refractivity (Wildman–Crippen MR) is 73.7 cm³/mol. The molecule has 8 nitrogen and oxygen atoms in total. The summed E-state index contributed by atoms with van der Waals surface area (Å²) < 4.78 is 32.9. The number of aromatic nitrogens is 2. The minimum absolute atomic E-state index is 0.130. The van der Waals surface area contributed by atoms with Crippen LogP contribution in [-0.2, 0) is 21.4 Å². The first-order chi connectivity index (χ1) is 9.92. The quantitative estimate of drug-likeness (QED) is 0.815. The number of sulfonamides is 1. The number of carbonyl (C=O) groups is 1. The number of nitrogens with one attached hydrogen (secondary N) is 1. The van der Waals surface area contributed by atoms with Gasteiger partial charge in [0.15, 0.2) is 0 Å². The van der Waals surface area contributed by atoms with E-state index in [1.807, 2.05) is 0 Å². The third-order valence-corrected chi connectivity index (χ3v) is 3.89. The minimum atomic E-state index is -3.87. The first-order valence-electron chi connectivity index (χ1n) is 5.82. The molecular weight excluding hydrogens is 298 g/mol. The number of hydrogen-bond donors (Lipinski definition) is 2. The summed E-state index contributed by atoms with van der Waals surface area (Å²) in [6.07, 6.45) is 2.23. The lowest BCUT2D eigenvalue weighted by Crippen LogP contribution is -2.13. The summed E-state index contributed by atoms with van der Waals surface area (Å²) in [4.78, 5) is 10.4. The van der Waals surface area contributed by atoms with Crippen LogP contribution < -0.4 is 9.46 Å². The highest BCUT2D eigenvalue weighted by molar-refractivity contribution is 7.92. The third-order valence-electron chi connectivity index (χ3n) is 2.57. The molecule has 0 unspecified atom stereocenters. The molecule has 2 aromatic rings. The summed E-state index contributed by atoms with van der Waals surface area (Å²) in [5.41, 5.74) is 0.283. The molecule has 2 N–H and O–H groups in total. The molecule has 0 amide bonds. The van der Waals surface area contributed by atoms with Gasteiger partial charge in [-0.1, -0.05) is 12.1 Å². The summed E-state index contributed by atoms with van der Waals surface area (Å²) in [5.74, 6) is -0.737. The molecule has 1 aromatic heterocycles. The normalized spacial score (nSPS) is 11.1. The van der Waals surface area contributed by atoms with Crippen molar-refractivity contribution in [2.45, 2.75) is 11.4 Å². The fourth-order valence-corrected chi connectivity index (χ4v) is 2.66. The topological polar surface area (TPSA) is 111 Å². The maximum atomic E-state index is 12.2. The van der Waals surface area contributed by atoms with E-state index < -0.39 is 22.5 Å². The highest BCUT2D eigenvalue weighted by Crippen LogP contribution is 2.25. The van der Waals surface area contributed by atoms with Crippen LogP contribution in [-0.4, -0.2) is 36.4 Å². The van der Waals surface area contributed by atoms with Gasteiger partial charge in [0.1, 0.15) is 17.2 Å². The molecule has 0 spiro atoms. The van der Waals surface area contributed by atoms with E-state index in [0.29, 0.717) is 5.75 Å². The highest BCUT2D eigenvalue weighted by Gasteiger charge is 2.18. The van der Waals surface area contributed by atoms with Crippen molar-refractivity contribution < 1.29 is 23.1 Å². The Labute approximate surface area is 121 Å². The zero-order valence-electron chi connectivity index (χ0n) is 11.1. The first kappa shape index (κ1) is 14.9. The Morgan fingerprint density at radius 2 is 2.14 bits per heavy atom. The van der Waals surface area contributed by atoms with Gasteiger partial charge in [-0.3, -0.25) is 14.2 Å². The summed E-state index contributed by atoms with van der Waals surface area (Å²) in [6, 6.07) is 6.54. The molecule has 21 heavy (non-hydrogen) atoms. The number of rotatable bonds is 6. The van der Waals surface area contributed by atoms with Crippen LogP contribution in [0.3, 0.4) is 0 Å². The van der Waals surface area contributed by atoms with Crippen LogP contribution in [0, 0.1) is 0 Å². The Kier molecular flexibility index (Phi) is 4.13. The van der Waals surface area contributed by atoms with Crippen molar-refractivity contribution in [2.75, 3.05) is 11.8 Å². The smallest absolute Gasteiger partial charge is 0.325 e. The van der Waals surface area contributed by atoms with Gasteiger partial charge in [0.25, 0.3) is 10.0 Å². The number of carboxylic acid groups (broad SMARTS) is 1. The van der Waals surface area contributed by atoms with Crippen LogP contribution in [0.5, 0.6) is 5.75 Å². The molecule has 1 heterocycles. The fraction of sp³-hybridized carbons (Fsp3) is 0.167. The summed E-state index contributed by atoms with van der Waals surface area (Å²) in [6.45, 7) is -0.413. The van der Waals surface area contributed by atoms with Crippen LogP contribution in [0.4, 0.5) is 5.69 Å². The van der Waals surface area contributed by atoms with Gasteiger partial charge < -0.3 is 9.84 Å². The van der Waals surface area contributed by atoms with Crippen LogP contribution in [0.1, 0.15) is 0 Å².